The summed E-state index contributed by atoms with van der Waals surface area (Å²) in [6, 6.07) is 14.3. The van der Waals surface area contributed by atoms with E-state index in [0.29, 0.717) is 25.7 Å². The van der Waals surface area contributed by atoms with Gasteiger partial charge < -0.3 is 20.1 Å². The standard InChI is InChI=1S/C22H32N4O4S/c1-4-23-22(26-19-7-5-8-20(17-19)30-16-6-15-29-3)24-13-14-25-31(27,28)21-11-9-18(2)10-12-21/h5,7-12,17,25H,4,6,13-16H2,1-3H3,(H2,23,24,26). The number of anilines is 1. The van der Waals surface area contributed by atoms with Crippen molar-refractivity contribution >= 4 is 21.7 Å². The zero-order valence-corrected chi connectivity index (χ0v) is 19.2. The van der Waals surface area contributed by atoms with Crippen LogP contribution in [0.25, 0.3) is 0 Å². The normalized spacial score (nSPS) is 11.9. The number of nitrogens with one attached hydrogen (secondary N) is 3. The Hall–Kier alpha value is -2.62. The lowest BCUT2D eigenvalue weighted by molar-refractivity contribution is 0.172. The van der Waals surface area contributed by atoms with Crippen LogP contribution >= 0.6 is 0 Å². The first-order chi connectivity index (χ1) is 14.9. The fourth-order valence-electron chi connectivity index (χ4n) is 2.65. The summed E-state index contributed by atoms with van der Waals surface area (Å²) < 4.78 is 38.0. The first-order valence-electron chi connectivity index (χ1n) is 10.3. The Labute approximate surface area is 185 Å². The third kappa shape index (κ3) is 8.95. The van der Waals surface area contributed by atoms with Crippen LogP contribution in [0.5, 0.6) is 5.75 Å². The van der Waals surface area contributed by atoms with Crippen LogP contribution in [0.15, 0.2) is 58.4 Å². The van der Waals surface area contributed by atoms with Crippen molar-refractivity contribution in [2.45, 2.75) is 25.2 Å². The molecule has 0 aliphatic rings. The molecule has 0 radical (unpaired) electrons. The maximum atomic E-state index is 12.4. The number of methoxy groups -OCH3 is 1. The molecule has 31 heavy (non-hydrogen) atoms. The van der Waals surface area contributed by atoms with Crippen LogP contribution in [-0.4, -0.2) is 54.3 Å². The highest BCUT2D eigenvalue weighted by atomic mass is 32.2. The lowest BCUT2D eigenvalue weighted by atomic mass is 10.2. The van der Waals surface area contributed by atoms with Crippen molar-refractivity contribution in [3.63, 3.8) is 0 Å². The van der Waals surface area contributed by atoms with Crippen LogP contribution in [0.4, 0.5) is 5.69 Å². The number of guanidine groups is 1. The van der Waals surface area contributed by atoms with Gasteiger partial charge in [-0.3, -0.25) is 4.99 Å². The van der Waals surface area contributed by atoms with Crippen molar-refractivity contribution < 1.29 is 17.9 Å². The molecule has 0 saturated heterocycles. The van der Waals surface area contributed by atoms with Gasteiger partial charge in [0.2, 0.25) is 10.0 Å². The number of nitrogens with zero attached hydrogens (tertiary/aromatic N) is 1. The molecule has 9 heteroatoms. The molecule has 0 unspecified atom stereocenters. The molecule has 2 aromatic carbocycles. The second-order valence-corrected chi connectivity index (χ2v) is 8.59. The molecule has 0 spiro atoms. The maximum absolute atomic E-state index is 12.4. The second-order valence-electron chi connectivity index (χ2n) is 6.82. The quantitative estimate of drug-likeness (QED) is 0.262. The van der Waals surface area contributed by atoms with Crippen molar-refractivity contribution in [1.82, 2.24) is 10.0 Å². The highest BCUT2D eigenvalue weighted by molar-refractivity contribution is 7.89. The van der Waals surface area contributed by atoms with Gasteiger partial charge in [-0.25, -0.2) is 13.1 Å². The number of aliphatic imine (C=N–C) groups is 1. The minimum Gasteiger partial charge on any atom is -0.493 e. The van der Waals surface area contributed by atoms with E-state index in [0.717, 1.165) is 23.4 Å². The summed E-state index contributed by atoms with van der Waals surface area (Å²) in [6.45, 7) is 6.26. The summed E-state index contributed by atoms with van der Waals surface area (Å²) in [5.41, 5.74) is 1.83. The van der Waals surface area contributed by atoms with E-state index in [9.17, 15) is 8.42 Å². The predicted octanol–water partition coefficient (Wildman–Crippen LogP) is 2.77. The third-order valence-electron chi connectivity index (χ3n) is 4.21. The highest BCUT2D eigenvalue weighted by Gasteiger charge is 2.12. The first-order valence-corrected chi connectivity index (χ1v) is 11.8. The van der Waals surface area contributed by atoms with Crippen molar-refractivity contribution in [1.29, 1.82) is 0 Å². The third-order valence-corrected chi connectivity index (χ3v) is 5.68. The molecule has 0 heterocycles. The van der Waals surface area contributed by atoms with E-state index in [1.54, 1.807) is 31.4 Å². The number of rotatable bonds is 12. The van der Waals surface area contributed by atoms with Crippen molar-refractivity contribution in [3.05, 3.63) is 54.1 Å². The molecule has 0 aliphatic carbocycles. The molecule has 2 rings (SSSR count). The van der Waals surface area contributed by atoms with Gasteiger partial charge in [0, 0.05) is 45.0 Å². The largest absolute Gasteiger partial charge is 0.493 e. The summed E-state index contributed by atoms with van der Waals surface area (Å²) in [5, 5.41) is 6.36. The fourth-order valence-corrected chi connectivity index (χ4v) is 3.67. The van der Waals surface area contributed by atoms with E-state index < -0.39 is 10.0 Å². The molecule has 0 saturated carbocycles. The van der Waals surface area contributed by atoms with E-state index in [2.05, 4.69) is 20.3 Å². The van der Waals surface area contributed by atoms with Gasteiger partial charge in [-0.05, 0) is 38.1 Å². The van der Waals surface area contributed by atoms with Gasteiger partial charge >= 0.3 is 0 Å². The molecule has 0 aromatic heterocycles. The van der Waals surface area contributed by atoms with E-state index >= 15 is 0 Å². The summed E-state index contributed by atoms with van der Waals surface area (Å²) in [5.74, 6) is 1.32. The van der Waals surface area contributed by atoms with E-state index in [-0.39, 0.29) is 18.0 Å². The van der Waals surface area contributed by atoms with Crippen LogP contribution in [0.1, 0.15) is 18.9 Å². The Morgan fingerprint density at radius 3 is 2.58 bits per heavy atom. The molecule has 0 fully saturated rings. The SMILES string of the molecule is CCNC(=NCCNS(=O)(=O)c1ccc(C)cc1)Nc1cccc(OCCCOC)c1. The molecular formula is C22H32N4O4S. The van der Waals surface area contributed by atoms with Gasteiger partial charge in [-0.1, -0.05) is 23.8 Å². The molecule has 0 aliphatic heterocycles. The molecule has 0 amide bonds. The Morgan fingerprint density at radius 1 is 1.10 bits per heavy atom. The summed E-state index contributed by atoms with van der Waals surface area (Å²) >= 11 is 0. The van der Waals surface area contributed by atoms with Gasteiger partial charge in [0.1, 0.15) is 5.75 Å². The van der Waals surface area contributed by atoms with Crippen LogP contribution < -0.4 is 20.1 Å². The van der Waals surface area contributed by atoms with Gasteiger partial charge in [0.05, 0.1) is 18.0 Å². The van der Waals surface area contributed by atoms with Crippen LogP contribution in [0.3, 0.4) is 0 Å². The smallest absolute Gasteiger partial charge is 0.240 e. The van der Waals surface area contributed by atoms with E-state index in [4.69, 9.17) is 9.47 Å². The van der Waals surface area contributed by atoms with Gasteiger partial charge in [-0.2, -0.15) is 0 Å². The monoisotopic (exact) mass is 448 g/mol. The fraction of sp³-hybridized carbons (Fsp3) is 0.409. The predicted molar refractivity (Wildman–Crippen MR) is 124 cm³/mol. The number of benzene rings is 2. The Balaban J connectivity index is 1.90. The van der Waals surface area contributed by atoms with Crippen molar-refractivity contribution in [2.75, 3.05) is 45.3 Å². The zero-order valence-electron chi connectivity index (χ0n) is 18.3. The molecule has 3 N–H and O–H groups in total. The summed E-state index contributed by atoms with van der Waals surface area (Å²) in [7, 11) is -1.88. The summed E-state index contributed by atoms with van der Waals surface area (Å²) in [4.78, 5) is 4.69. The lowest BCUT2D eigenvalue weighted by Gasteiger charge is -2.13. The molecular weight excluding hydrogens is 416 g/mol. The molecule has 8 nitrogen and oxygen atoms in total. The Morgan fingerprint density at radius 2 is 1.87 bits per heavy atom. The Bertz CT molecular complexity index is 931. The minimum atomic E-state index is -3.55. The van der Waals surface area contributed by atoms with Gasteiger partial charge in [0.25, 0.3) is 0 Å². The minimum absolute atomic E-state index is 0.190. The van der Waals surface area contributed by atoms with E-state index in [1.165, 1.54) is 0 Å². The molecule has 0 bridgehead atoms. The molecule has 170 valence electrons. The average molecular weight is 449 g/mol. The maximum Gasteiger partial charge on any atom is 0.240 e. The van der Waals surface area contributed by atoms with E-state index in [1.807, 2.05) is 38.1 Å². The highest BCUT2D eigenvalue weighted by Crippen LogP contribution is 2.17. The molecule has 0 atom stereocenters. The number of ether oxygens (including phenoxy) is 2. The first kappa shape index (κ1) is 24.6. The number of sulfonamides is 1. The van der Waals surface area contributed by atoms with Gasteiger partial charge in [-0.15, -0.1) is 0 Å². The zero-order chi connectivity index (χ0) is 22.5. The van der Waals surface area contributed by atoms with Crippen LogP contribution in [0.2, 0.25) is 0 Å². The van der Waals surface area contributed by atoms with Gasteiger partial charge in [0.15, 0.2) is 5.96 Å². The number of hydrogen-bond donors (Lipinski definition) is 3. The van der Waals surface area contributed by atoms with Crippen molar-refractivity contribution in [3.8, 4) is 5.75 Å². The number of hydrogen-bond acceptors (Lipinski definition) is 5. The Kier molecular flexibility index (Phi) is 10.3. The topological polar surface area (TPSA) is 101 Å². The molecule has 2 aromatic rings. The van der Waals surface area contributed by atoms with Crippen molar-refractivity contribution in [2.24, 2.45) is 4.99 Å². The summed E-state index contributed by atoms with van der Waals surface area (Å²) in [6.07, 6.45) is 0.816. The number of aryl methyl sites for hydroxylation is 1. The van der Waals surface area contributed by atoms with Crippen LogP contribution in [-0.2, 0) is 14.8 Å². The van der Waals surface area contributed by atoms with Crippen LogP contribution in [0, 0.1) is 6.92 Å². The lowest BCUT2D eigenvalue weighted by Crippen LogP contribution is -2.32. The average Bonchev–Trinajstić information content (AvgIpc) is 2.75. The second kappa shape index (κ2) is 12.9.